The van der Waals surface area contributed by atoms with E-state index < -0.39 is 0 Å². The van der Waals surface area contributed by atoms with Crippen molar-refractivity contribution in [3.05, 3.63) is 40.4 Å². The van der Waals surface area contributed by atoms with E-state index in [0.717, 1.165) is 43.9 Å². The van der Waals surface area contributed by atoms with Gasteiger partial charge in [0, 0.05) is 11.5 Å². The Morgan fingerprint density at radius 1 is 1.37 bits per heavy atom. The number of para-hydroxylation sites is 1. The van der Waals surface area contributed by atoms with Gasteiger partial charge >= 0.3 is 0 Å². The lowest BCUT2D eigenvalue weighted by atomic mass is 9.89. The maximum Gasteiger partial charge on any atom is 0.261 e. The van der Waals surface area contributed by atoms with Gasteiger partial charge in [-0.05, 0) is 50.2 Å². The summed E-state index contributed by atoms with van der Waals surface area (Å²) in [5, 5.41) is 3.66. The Morgan fingerprint density at radius 2 is 2.26 bits per heavy atom. The van der Waals surface area contributed by atoms with Gasteiger partial charge in [0.05, 0.1) is 17.4 Å². The number of benzene rings is 1. The van der Waals surface area contributed by atoms with Crippen molar-refractivity contribution in [3.63, 3.8) is 0 Å². The molecule has 2 heterocycles. The summed E-state index contributed by atoms with van der Waals surface area (Å²) >= 11 is 1.61. The van der Waals surface area contributed by atoms with Crippen LogP contribution < -0.4 is 10.1 Å². The van der Waals surface area contributed by atoms with Crippen LogP contribution in [0.2, 0.25) is 0 Å². The highest BCUT2D eigenvalue weighted by Gasteiger charge is 2.23. The number of hydrogen-bond acceptors (Lipinski definition) is 5. The maximum absolute atomic E-state index is 12.8. The minimum Gasteiger partial charge on any atom is -0.490 e. The Hall–Kier alpha value is -1.92. The van der Waals surface area contributed by atoms with E-state index >= 15 is 0 Å². The normalized spacial score (nSPS) is 21.7. The molecule has 27 heavy (non-hydrogen) atoms. The lowest BCUT2D eigenvalue weighted by Crippen LogP contribution is -2.19. The zero-order valence-corrected chi connectivity index (χ0v) is 16.5. The molecule has 2 atom stereocenters. The molecule has 1 aromatic carbocycles. The largest absolute Gasteiger partial charge is 0.490 e. The van der Waals surface area contributed by atoms with Gasteiger partial charge < -0.3 is 9.47 Å². The molecule has 1 saturated heterocycles. The molecule has 5 nitrogen and oxygen atoms in total. The number of hydrogen-bond donors (Lipinski definition) is 1. The smallest absolute Gasteiger partial charge is 0.261 e. The number of nitrogens with one attached hydrogen (secondary N) is 1. The Morgan fingerprint density at radius 3 is 3.07 bits per heavy atom. The van der Waals surface area contributed by atoms with Crippen molar-refractivity contribution in [1.29, 1.82) is 0 Å². The summed E-state index contributed by atoms with van der Waals surface area (Å²) in [6, 6.07) is 7.37. The van der Waals surface area contributed by atoms with Crippen molar-refractivity contribution in [2.75, 3.05) is 18.5 Å². The van der Waals surface area contributed by atoms with E-state index in [4.69, 9.17) is 9.47 Å². The number of aromatic nitrogens is 1. The molecule has 1 aliphatic carbocycles. The molecule has 1 amide bonds. The van der Waals surface area contributed by atoms with Crippen LogP contribution in [0.5, 0.6) is 5.75 Å². The molecule has 2 unspecified atom stereocenters. The predicted octanol–water partition coefficient (Wildman–Crippen LogP) is 4.47. The predicted molar refractivity (Wildman–Crippen MR) is 107 cm³/mol. The van der Waals surface area contributed by atoms with E-state index in [1.807, 2.05) is 18.2 Å². The first-order valence-corrected chi connectivity index (χ1v) is 10.7. The van der Waals surface area contributed by atoms with Gasteiger partial charge in [-0.2, -0.15) is 0 Å². The number of carbonyl (C=O) groups is 1. The lowest BCUT2D eigenvalue weighted by Gasteiger charge is -2.18. The third-order valence-corrected chi connectivity index (χ3v) is 6.46. The molecule has 0 bridgehead atoms. The van der Waals surface area contributed by atoms with E-state index in [9.17, 15) is 4.79 Å². The number of aryl methyl sites for hydroxylation is 1. The summed E-state index contributed by atoms with van der Waals surface area (Å²) in [5.41, 5.74) is 1.69. The molecule has 144 valence electrons. The van der Waals surface area contributed by atoms with Crippen molar-refractivity contribution in [1.82, 2.24) is 4.98 Å². The molecule has 6 heteroatoms. The van der Waals surface area contributed by atoms with Crippen molar-refractivity contribution in [3.8, 4) is 5.75 Å². The van der Waals surface area contributed by atoms with Gasteiger partial charge in [0.15, 0.2) is 5.13 Å². The van der Waals surface area contributed by atoms with Gasteiger partial charge in [0.2, 0.25) is 0 Å². The second kappa shape index (κ2) is 8.40. The monoisotopic (exact) mass is 386 g/mol. The first kappa shape index (κ1) is 18.4. The minimum absolute atomic E-state index is 0.123. The summed E-state index contributed by atoms with van der Waals surface area (Å²) in [7, 11) is 0. The van der Waals surface area contributed by atoms with Gasteiger partial charge in [0.1, 0.15) is 12.4 Å². The van der Waals surface area contributed by atoms with E-state index in [2.05, 4.69) is 17.2 Å². The molecule has 0 spiro atoms. The van der Waals surface area contributed by atoms with Crippen molar-refractivity contribution < 1.29 is 14.3 Å². The number of amides is 1. The molecule has 1 aromatic heterocycles. The molecule has 2 aromatic rings. The second-order valence-electron chi connectivity index (χ2n) is 7.30. The molecule has 2 aliphatic rings. The lowest BCUT2D eigenvalue weighted by molar-refractivity contribution is 0.0673. The highest BCUT2D eigenvalue weighted by Crippen LogP contribution is 2.34. The van der Waals surface area contributed by atoms with E-state index in [0.29, 0.717) is 23.1 Å². The summed E-state index contributed by atoms with van der Waals surface area (Å²) < 4.78 is 11.5. The summed E-state index contributed by atoms with van der Waals surface area (Å²) in [6.07, 6.45) is 6.71. The van der Waals surface area contributed by atoms with Crippen LogP contribution in [-0.4, -0.2) is 30.2 Å². The highest BCUT2D eigenvalue weighted by molar-refractivity contribution is 7.15. The average Bonchev–Trinajstić information content (AvgIpc) is 3.35. The number of thiazole rings is 1. The molecule has 1 fully saturated rings. The molecule has 1 N–H and O–H groups in total. The number of rotatable bonds is 6. The fraction of sp³-hybridized carbons (Fsp3) is 0.524. The molecule has 0 saturated carbocycles. The van der Waals surface area contributed by atoms with Crippen LogP contribution in [0.3, 0.4) is 0 Å². The van der Waals surface area contributed by atoms with Gasteiger partial charge in [-0.15, -0.1) is 11.3 Å². The Kier molecular flexibility index (Phi) is 5.74. The SMILES string of the molecule is CCC1CCc2nc(NC(=O)c3ccccc3OCC3CCCO3)sc2C1. The number of fused-ring (bicyclic) bond motifs is 1. The van der Waals surface area contributed by atoms with Crippen LogP contribution in [0.25, 0.3) is 0 Å². The van der Waals surface area contributed by atoms with Crippen LogP contribution >= 0.6 is 11.3 Å². The highest BCUT2D eigenvalue weighted by atomic mass is 32.1. The third-order valence-electron chi connectivity index (χ3n) is 5.42. The van der Waals surface area contributed by atoms with E-state index in [1.54, 1.807) is 17.4 Å². The fourth-order valence-electron chi connectivity index (χ4n) is 3.75. The summed E-state index contributed by atoms with van der Waals surface area (Å²) in [4.78, 5) is 18.8. The fourth-order valence-corrected chi connectivity index (χ4v) is 4.87. The number of nitrogens with zero attached hydrogens (tertiary/aromatic N) is 1. The topological polar surface area (TPSA) is 60.5 Å². The Labute approximate surface area is 164 Å². The van der Waals surface area contributed by atoms with Crippen molar-refractivity contribution in [2.24, 2.45) is 5.92 Å². The Bertz CT molecular complexity index is 798. The van der Waals surface area contributed by atoms with Crippen LogP contribution in [0, 0.1) is 5.92 Å². The van der Waals surface area contributed by atoms with E-state index in [1.165, 1.54) is 17.7 Å². The summed E-state index contributed by atoms with van der Waals surface area (Å²) in [6.45, 7) is 3.52. The zero-order valence-electron chi connectivity index (χ0n) is 15.7. The van der Waals surface area contributed by atoms with Gasteiger partial charge in [-0.25, -0.2) is 4.98 Å². The second-order valence-corrected chi connectivity index (χ2v) is 8.39. The first-order valence-electron chi connectivity index (χ1n) is 9.86. The van der Waals surface area contributed by atoms with Gasteiger partial charge in [-0.3, -0.25) is 10.1 Å². The van der Waals surface area contributed by atoms with Crippen molar-refractivity contribution in [2.45, 2.75) is 51.6 Å². The van der Waals surface area contributed by atoms with Crippen LogP contribution in [0.1, 0.15) is 53.5 Å². The maximum atomic E-state index is 12.8. The number of carbonyl (C=O) groups excluding carboxylic acids is 1. The average molecular weight is 387 g/mol. The number of ether oxygens (including phenoxy) is 2. The quantitative estimate of drug-likeness (QED) is 0.796. The van der Waals surface area contributed by atoms with Gasteiger partial charge in [0.25, 0.3) is 5.91 Å². The van der Waals surface area contributed by atoms with Crippen LogP contribution in [0.15, 0.2) is 24.3 Å². The minimum atomic E-state index is -0.170. The van der Waals surface area contributed by atoms with Crippen LogP contribution in [-0.2, 0) is 17.6 Å². The molecular weight excluding hydrogens is 360 g/mol. The number of anilines is 1. The first-order chi connectivity index (χ1) is 13.2. The molecule has 4 rings (SSSR count). The summed E-state index contributed by atoms with van der Waals surface area (Å²) in [5.74, 6) is 1.17. The molecule has 1 aliphatic heterocycles. The van der Waals surface area contributed by atoms with Crippen LogP contribution in [0.4, 0.5) is 5.13 Å². The molecular formula is C21H26N2O3S. The third kappa shape index (κ3) is 4.33. The van der Waals surface area contributed by atoms with Crippen molar-refractivity contribution >= 4 is 22.4 Å². The molecule has 0 radical (unpaired) electrons. The standard InChI is InChI=1S/C21H26N2O3S/c1-2-14-9-10-17-19(12-14)27-21(22-17)23-20(24)16-7-3-4-8-18(16)26-13-15-6-5-11-25-15/h3-4,7-8,14-15H,2,5-6,9-13H2,1H3,(H,22,23,24). The Balaban J connectivity index is 1.43. The van der Waals surface area contributed by atoms with E-state index in [-0.39, 0.29) is 12.0 Å². The zero-order chi connectivity index (χ0) is 18.6. The van der Waals surface area contributed by atoms with Gasteiger partial charge in [-0.1, -0.05) is 25.5 Å².